The lowest BCUT2D eigenvalue weighted by Crippen LogP contribution is -2.15. The van der Waals surface area contributed by atoms with Crippen molar-refractivity contribution in [3.63, 3.8) is 0 Å². The first-order valence-electron chi connectivity index (χ1n) is 7.94. The van der Waals surface area contributed by atoms with E-state index in [0.717, 1.165) is 5.56 Å². The van der Waals surface area contributed by atoms with Crippen LogP contribution in [-0.4, -0.2) is 26.4 Å². The molecule has 26 heavy (non-hydrogen) atoms. The molecule has 0 spiro atoms. The van der Waals surface area contributed by atoms with Gasteiger partial charge in [-0.15, -0.1) is 10.2 Å². The second kappa shape index (κ2) is 8.09. The van der Waals surface area contributed by atoms with Crippen molar-refractivity contribution in [3.05, 3.63) is 60.2 Å². The maximum atomic E-state index is 13.6. The van der Waals surface area contributed by atoms with Crippen LogP contribution in [0.15, 0.2) is 53.7 Å². The summed E-state index contributed by atoms with van der Waals surface area (Å²) in [6.07, 6.45) is 0. The molecule has 1 aromatic heterocycles. The summed E-state index contributed by atoms with van der Waals surface area (Å²) in [4.78, 5) is 12.1. The van der Waals surface area contributed by atoms with Crippen LogP contribution in [0.5, 0.6) is 0 Å². The van der Waals surface area contributed by atoms with E-state index < -0.39 is 5.82 Å². The number of amides is 1. The summed E-state index contributed by atoms with van der Waals surface area (Å²) in [5.41, 5.74) is 0.880. The van der Waals surface area contributed by atoms with Crippen molar-refractivity contribution in [3.8, 4) is 11.4 Å². The number of anilines is 1. The van der Waals surface area contributed by atoms with Crippen LogP contribution in [0.4, 0.5) is 14.5 Å². The smallest absolute Gasteiger partial charge is 0.234 e. The molecule has 0 aliphatic heterocycles. The van der Waals surface area contributed by atoms with Crippen LogP contribution in [0.2, 0.25) is 0 Å². The van der Waals surface area contributed by atoms with Crippen molar-refractivity contribution in [2.24, 2.45) is 0 Å². The van der Waals surface area contributed by atoms with Crippen LogP contribution in [0.3, 0.4) is 0 Å². The Bertz CT molecular complexity index is 912. The number of carbonyl (C=O) groups is 1. The second-order valence-corrected chi connectivity index (χ2v) is 6.32. The summed E-state index contributed by atoms with van der Waals surface area (Å²) in [5.74, 6) is -0.480. The van der Waals surface area contributed by atoms with Crippen molar-refractivity contribution >= 4 is 23.4 Å². The molecule has 0 aliphatic carbocycles. The van der Waals surface area contributed by atoms with Crippen LogP contribution in [0.1, 0.15) is 6.92 Å². The Kier molecular flexibility index (Phi) is 5.62. The number of hydrogen-bond donors (Lipinski definition) is 1. The normalized spacial score (nSPS) is 10.7. The van der Waals surface area contributed by atoms with Gasteiger partial charge in [0.05, 0.1) is 11.4 Å². The number of nitrogens with zero attached hydrogens (tertiary/aromatic N) is 3. The lowest BCUT2D eigenvalue weighted by atomic mass is 10.2. The zero-order valence-corrected chi connectivity index (χ0v) is 14.8. The number of hydrogen-bond acceptors (Lipinski definition) is 4. The molecule has 1 N–H and O–H groups in total. The zero-order valence-electron chi connectivity index (χ0n) is 13.9. The van der Waals surface area contributed by atoms with Gasteiger partial charge in [0.25, 0.3) is 0 Å². The van der Waals surface area contributed by atoms with Gasteiger partial charge in [-0.1, -0.05) is 23.9 Å². The fourth-order valence-electron chi connectivity index (χ4n) is 2.37. The number of carbonyl (C=O) groups excluding carboxylic acids is 1. The van der Waals surface area contributed by atoms with E-state index in [9.17, 15) is 13.6 Å². The Morgan fingerprint density at radius 2 is 1.85 bits per heavy atom. The van der Waals surface area contributed by atoms with Crippen molar-refractivity contribution in [2.45, 2.75) is 18.6 Å². The number of benzene rings is 2. The van der Waals surface area contributed by atoms with Crippen molar-refractivity contribution < 1.29 is 13.6 Å². The standard InChI is InChI=1S/C18H16F2N4OS/c1-2-24-17(12-7-9-13(19)10-8-12)22-23-18(24)26-11-16(25)21-15-6-4-3-5-14(15)20/h3-10H,2,11H2,1H3,(H,21,25). The molecule has 1 amide bonds. The van der Waals surface area contributed by atoms with Gasteiger partial charge in [-0.25, -0.2) is 8.78 Å². The minimum Gasteiger partial charge on any atom is -0.323 e. The van der Waals surface area contributed by atoms with Crippen molar-refractivity contribution in [2.75, 3.05) is 11.1 Å². The summed E-state index contributed by atoms with van der Waals surface area (Å²) in [6, 6.07) is 12.0. The fraction of sp³-hybridized carbons (Fsp3) is 0.167. The van der Waals surface area contributed by atoms with E-state index in [0.29, 0.717) is 17.5 Å². The Labute approximate surface area is 153 Å². The quantitative estimate of drug-likeness (QED) is 0.663. The van der Waals surface area contributed by atoms with Crippen LogP contribution in [0.25, 0.3) is 11.4 Å². The largest absolute Gasteiger partial charge is 0.323 e. The summed E-state index contributed by atoms with van der Waals surface area (Å²) in [7, 11) is 0. The molecule has 2 aromatic carbocycles. The highest BCUT2D eigenvalue weighted by atomic mass is 32.2. The van der Waals surface area contributed by atoms with Crippen LogP contribution in [0, 0.1) is 11.6 Å². The lowest BCUT2D eigenvalue weighted by Gasteiger charge is -2.08. The summed E-state index contributed by atoms with van der Waals surface area (Å²) in [5, 5.41) is 11.3. The number of para-hydroxylation sites is 1. The van der Waals surface area contributed by atoms with Gasteiger partial charge in [0.15, 0.2) is 11.0 Å². The van der Waals surface area contributed by atoms with Crippen molar-refractivity contribution in [1.82, 2.24) is 14.8 Å². The van der Waals surface area contributed by atoms with E-state index in [2.05, 4.69) is 15.5 Å². The Morgan fingerprint density at radius 1 is 1.12 bits per heavy atom. The highest BCUT2D eigenvalue weighted by molar-refractivity contribution is 7.99. The molecule has 0 saturated carbocycles. The molecule has 0 saturated heterocycles. The first-order valence-corrected chi connectivity index (χ1v) is 8.93. The molecule has 8 heteroatoms. The number of nitrogens with one attached hydrogen (secondary N) is 1. The third kappa shape index (κ3) is 4.08. The predicted molar refractivity (Wildman–Crippen MR) is 96.8 cm³/mol. The first-order chi connectivity index (χ1) is 12.6. The minimum absolute atomic E-state index is 0.0654. The Balaban J connectivity index is 1.69. The fourth-order valence-corrected chi connectivity index (χ4v) is 3.17. The molecule has 0 unspecified atom stereocenters. The van der Waals surface area contributed by atoms with E-state index >= 15 is 0 Å². The van der Waals surface area contributed by atoms with E-state index in [4.69, 9.17) is 0 Å². The Hall–Kier alpha value is -2.74. The topological polar surface area (TPSA) is 59.8 Å². The van der Waals surface area contributed by atoms with E-state index in [1.807, 2.05) is 11.5 Å². The predicted octanol–water partition coefficient (Wildman–Crippen LogP) is 3.97. The van der Waals surface area contributed by atoms with Gasteiger partial charge in [-0.3, -0.25) is 4.79 Å². The summed E-state index contributed by atoms with van der Waals surface area (Å²) >= 11 is 1.20. The number of rotatable bonds is 6. The first kappa shape index (κ1) is 18.1. The van der Waals surface area contributed by atoms with Crippen molar-refractivity contribution in [1.29, 1.82) is 0 Å². The molecule has 0 bridgehead atoms. The number of halogens is 2. The van der Waals surface area contributed by atoms with Gasteiger partial charge in [0, 0.05) is 12.1 Å². The summed E-state index contributed by atoms with van der Waals surface area (Å²) in [6.45, 7) is 2.52. The Morgan fingerprint density at radius 3 is 2.54 bits per heavy atom. The molecule has 0 aliphatic rings. The van der Waals surface area contributed by atoms with Gasteiger partial charge in [-0.2, -0.15) is 0 Å². The van der Waals surface area contributed by atoms with Gasteiger partial charge in [0.1, 0.15) is 11.6 Å². The molecule has 0 radical (unpaired) electrons. The third-order valence-electron chi connectivity index (χ3n) is 3.62. The average molecular weight is 374 g/mol. The molecule has 1 heterocycles. The molecule has 134 valence electrons. The van der Waals surface area contributed by atoms with Gasteiger partial charge < -0.3 is 9.88 Å². The zero-order chi connectivity index (χ0) is 18.5. The van der Waals surface area contributed by atoms with E-state index in [1.165, 1.54) is 36.0 Å². The maximum absolute atomic E-state index is 13.6. The highest BCUT2D eigenvalue weighted by Crippen LogP contribution is 2.24. The minimum atomic E-state index is -0.485. The van der Waals surface area contributed by atoms with Crippen LogP contribution < -0.4 is 5.32 Å². The number of aromatic nitrogens is 3. The highest BCUT2D eigenvalue weighted by Gasteiger charge is 2.15. The lowest BCUT2D eigenvalue weighted by molar-refractivity contribution is -0.113. The molecule has 0 fully saturated rings. The molecule has 3 rings (SSSR count). The molecule has 3 aromatic rings. The SMILES string of the molecule is CCn1c(SCC(=O)Nc2ccccc2F)nnc1-c1ccc(F)cc1. The number of thioether (sulfide) groups is 1. The molecular weight excluding hydrogens is 358 g/mol. The summed E-state index contributed by atoms with van der Waals surface area (Å²) < 4.78 is 28.5. The van der Waals surface area contributed by atoms with Gasteiger partial charge >= 0.3 is 0 Å². The maximum Gasteiger partial charge on any atom is 0.234 e. The van der Waals surface area contributed by atoms with E-state index in [1.54, 1.807) is 24.3 Å². The van der Waals surface area contributed by atoms with Crippen LogP contribution in [-0.2, 0) is 11.3 Å². The van der Waals surface area contributed by atoms with Crippen LogP contribution >= 0.6 is 11.8 Å². The monoisotopic (exact) mass is 374 g/mol. The third-order valence-corrected chi connectivity index (χ3v) is 4.58. The van der Waals surface area contributed by atoms with E-state index in [-0.39, 0.29) is 23.2 Å². The van der Waals surface area contributed by atoms with Gasteiger partial charge in [-0.05, 0) is 43.3 Å². The molecule has 5 nitrogen and oxygen atoms in total. The molecule has 0 atom stereocenters. The van der Waals surface area contributed by atoms with Gasteiger partial charge in [0.2, 0.25) is 5.91 Å². The average Bonchev–Trinajstić information content (AvgIpc) is 3.05. The second-order valence-electron chi connectivity index (χ2n) is 5.37. The molecular formula is C18H16F2N4OS.